The summed E-state index contributed by atoms with van der Waals surface area (Å²) < 4.78 is 0. The van der Waals surface area contributed by atoms with Crippen molar-refractivity contribution in [3.63, 3.8) is 0 Å². The van der Waals surface area contributed by atoms with Crippen LogP contribution < -0.4 is 10.6 Å². The zero-order chi connectivity index (χ0) is 15.2. The number of carboxylic acids is 1. The summed E-state index contributed by atoms with van der Waals surface area (Å²) in [4.78, 5) is 21.8. The highest BCUT2D eigenvalue weighted by Crippen LogP contribution is 2.27. The molecule has 1 aromatic rings. The number of carboxylic acid groups (broad SMARTS) is 1. The second-order valence-electron chi connectivity index (χ2n) is 5.34. The number of urea groups is 1. The molecule has 0 spiro atoms. The zero-order valence-electron chi connectivity index (χ0n) is 12.2. The SMILES string of the molecule is CCC(C)(C)c1ccc(NC(=O)NCCC(=O)O)cc1. The zero-order valence-corrected chi connectivity index (χ0v) is 12.2. The first-order chi connectivity index (χ1) is 9.35. The third-order valence-electron chi connectivity index (χ3n) is 3.43. The molecule has 1 rings (SSSR count). The summed E-state index contributed by atoms with van der Waals surface area (Å²) in [7, 11) is 0. The largest absolute Gasteiger partial charge is 0.481 e. The van der Waals surface area contributed by atoms with E-state index >= 15 is 0 Å². The summed E-state index contributed by atoms with van der Waals surface area (Å²) >= 11 is 0. The van der Waals surface area contributed by atoms with Crippen LogP contribution in [0.3, 0.4) is 0 Å². The molecule has 0 atom stereocenters. The van der Waals surface area contributed by atoms with Crippen LogP contribution in [0.1, 0.15) is 39.2 Å². The number of nitrogens with one attached hydrogen (secondary N) is 2. The molecule has 0 aliphatic heterocycles. The lowest BCUT2D eigenvalue weighted by molar-refractivity contribution is -0.136. The average Bonchev–Trinajstić information content (AvgIpc) is 2.39. The molecule has 20 heavy (non-hydrogen) atoms. The van der Waals surface area contributed by atoms with E-state index in [1.54, 1.807) is 0 Å². The fourth-order valence-electron chi connectivity index (χ4n) is 1.67. The highest BCUT2D eigenvalue weighted by molar-refractivity contribution is 5.89. The Balaban J connectivity index is 2.53. The Hall–Kier alpha value is -2.04. The molecule has 5 heteroatoms. The molecule has 0 heterocycles. The van der Waals surface area contributed by atoms with Gasteiger partial charge in [0.25, 0.3) is 0 Å². The number of hydrogen-bond acceptors (Lipinski definition) is 2. The monoisotopic (exact) mass is 278 g/mol. The summed E-state index contributed by atoms with van der Waals surface area (Å²) in [6.07, 6.45) is 0.951. The van der Waals surface area contributed by atoms with Crippen LogP contribution in [0.5, 0.6) is 0 Å². The highest BCUT2D eigenvalue weighted by atomic mass is 16.4. The second kappa shape index (κ2) is 6.93. The molecule has 2 amide bonds. The van der Waals surface area contributed by atoms with Gasteiger partial charge in [0.2, 0.25) is 0 Å². The first-order valence-electron chi connectivity index (χ1n) is 6.72. The third-order valence-corrected chi connectivity index (χ3v) is 3.43. The quantitative estimate of drug-likeness (QED) is 0.748. The fourth-order valence-corrected chi connectivity index (χ4v) is 1.67. The van der Waals surface area contributed by atoms with Crippen molar-refractivity contribution in [1.29, 1.82) is 0 Å². The summed E-state index contributed by atoms with van der Waals surface area (Å²) in [5.74, 6) is -0.934. The van der Waals surface area contributed by atoms with Crippen molar-refractivity contribution in [2.24, 2.45) is 0 Å². The van der Waals surface area contributed by atoms with Crippen LogP contribution in [0.2, 0.25) is 0 Å². The van der Waals surface area contributed by atoms with Crippen molar-refractivity contribution >= 4 is 17.7 Å². The Labute approximate surface area is 119 Å². The first kappa shape index (κ1) is 16.0. The van der Waals surface area contributed by atoms with Gasteiger partial charge in [-0.05, 0) is 29.5 Å². The van der Waals surface area contributed by atoms with E-state index in [4.69, 9.17) is 5.11 Å². The maximum absolute atomic E-state index is 11.5. The summed E-state index contributed by atoms with van der Waals surface area (Å²) in [6, 6.07) is 7.30. The molecular weight excluding hydrogens is 256 g/mol. The Morgan fingerprint density at radius 2 is 1.80 bits per heavy atom. The van der Waals surface area contributed by atoms with E-state index < -0.39 is 12.0 Å². The number of aliphatic carboxylic acids is 1. The minimum absolute atomic E-state index is 0.0863. The molecule has 0 saturated carbocycles. The van der Waals surface area contributed by atoms with Gasteiger partial charge in [-0.2, -0.15) is 0 Å². The molecule has 0 aromatic heterocycles. The van der Waals surface area contributed by atoms with E-state index in [2.05, 4.69) is 31.4 Å². The highest BCUT2D eigenvalue weighted by Gasteiger charge is 2.17. The Morgan fingerprint density at radius 3 is 2.30 bits per heavy atom. The van der Waals surface area contributed by atoms with Crippen molar-refractivity contribution in [2.45, 2.75) is 39.0 Å². The van der Waals surface area contributed by atoms with Gasteiger partial charge in [-0.25, -0.2) is 4.79 Å². The maximum Gasteiger partial charge on any atom is 0.319 e. The number of carbonyl (C=O) groups excluding carboxylic acids is 1. The maximum atomic E-state index is 11.5. The Morgan fingerprint density at radius 1 is 1.20 bits per heavy atom. The summed E-state index contributed by atoms with van der Waals surface area (Å²) in [6.45, 7) is 6.60. The molecule has 1 aromatic carbocycles. The van der Waals surface area contributed by atoms with Gasteiger partial charge in [-0.1, -0.05) is 32.9 Å². The van der Waals surface area contributed by atoms with Gasteiger partial charge in [0.15, 0.2) is 0 Å². The van der Waals surface area contributed by atoms with Crippen LogP contribution in [0.4, 0.5) is 10.5 Å². The normalized spacial score (nSPS) is 10.9. The number of anilines is 1. The third kappa shape index (κ3) is 4.91. The predicted molar refractivity (Wildman–Crippen MR) is 79.0 cm³/mol. The standard InChI is InChI=1S/C15H22N2O3/c1-4-15(2,3)11-5-7-12(8-6-11)17-14(20)16-10-9-13(18)19/h5-8H,4,9-10H2,1-3H3,(H,18,19)(H2,16,17,20). The van der Waals surface area contributed by atoms with Gasteiger partial charge in [0, 0.05) is 12.2 Å². The van der Waals surface area contributed by atoms with Crippen LogP contribution in [-0.2, 0) is 10.2 Å². The van der Waals surface area contributed by atoms with Crippen molar-refractivity contribution < 1.29 is 14.7 Å². The molecule has 0 radical (unpaired) electrons. The lowest BCUT2D eigenvalue weighted by Crippen LogP contribution is -2.30. The van der Waals surface area contributed by atoms with Gasteiger partial charge >= 0.3 is 12.0 Å². The molecule has 0 unspecified atom stereocenters. The molecule has 5 nitrogen and oxygen atoms in total. The van der Waals surface area contributed by atoms with E-state index in [9.17, 15) is 9.59 Å². The molecule has 3 N–H and O–H groups in total. The predicted octanol–water partition coefficient (Wildman–Crippen LogP) is 2.97. The number of rotatable bonds is 6. The Bertz CT molecular complexity index is 467. The van der Waals surface area contributed by atoms with Crippen LogP contribution in [0, 0.1) is 0 Å². The van der Waals surface area contributed by atoms with Gasteiger partial charge in [-0.3, -0.25) is 4.79 Å². The van der Waals surface area contributed by atoms with Crippen LogP contribution in [0.25, 0.3) is 0 Å². The molecule has 110 valence electrons. The fraction of sp³-hybridized carbons (Fsp3) is 0.467. The van der Waals surface area contributed by atoms with Gasteiger partial charge in [0.05, 0.1) is 6.42 Å². The average molecular weight is 278 g/mol. The van der Waals surface area contributed by atoms with E-state index in [1.807, 2.05) is 24.3 Å². The number of carbonyl (C=O) groups is 2. The van der Waals surface area contributed by atoms with Crippen molar-refractivity contribution in [3.8, 4) is 0 Å². The topological polar surface area (TPSA) is 78.4 Å². The van der Waals surface area contributed by atoms with Crippen molar-refractivity contribution in [1.82, 2.24) is 5.32 Å². The van der Waals surface area contributed by atoms with Crippen LogP contribution in [0.15, 0.2) is 24.3 Å². The van der Waals surface area contributed by atoms with Crippen LogP contribution in [-0.4, -0.2) is 23.7 Å². The van der Waals surface area contributed by atoms with E-state index in [0.717, 1.165) is 6.42 Å². The molecule has 0 aliphatic carbocycles. The first-order valence-corrected chi connectivity index (χ1v) is 6.72. The lowest BCUT2D eigenvalue weighted by atomic mass is 9.82. The van der Waals surface area contributed by atoms with Gasteiger partial charge in [-0.15, -0.1) is 0 Å². The smallest absolute Gasteiger partial charge is 0.319 e. The molecule has 0 fully saturated rings. The molecular formula is C15H22N2O3. The molecule has 0 saturated heterocycles. The summed E-state index contributed by atoms with van der Waals surface area (Å²) in [5, 5.41) is 13.6. The minimum atomic E-state index is -0.934. The Kier molecular flexibility index (Phi) is 5.55. The molecule has 0 aliphatic rings. The number of amides is 2. The number of hydrogen-bond donors (Lipinski definition) is 3. The van der Waals surface area contributed by atoms with Gasteiger partial charge < -0.3 is 15.7 Å². The second-order valence-corrected chi connectivity index (χ2v) is 5.34. The summed E-state index contributed by atoms with van der Waals surface area (Å²) in [5.41, 5.74) is 2.02. The van der Waals surface area contributed by atoms with Crippen LogP contribution >= 0.6 is 0 Å². The minimum Gasteiger partial charge on any atom is -0.481 e. The van der Waals surface area contributed by atoms with E-state index in [0.29, 0.717) is 5.69 Å². The van der Waals surface area contributed by atoms with E-state index in [1.165, 1.54) is 5.56 Å². The van der Waals surface area contributed by atoms with E-state index in [-0.39, 0.29) is 18.4 Å². The van der Waals surface area contributed by atoms with Crippen molar-refractivity contribution in [2.75, 3.05) is 11.9 Å². The molecule has 0 bridgehead atoms. The number of benzene rings is 1. The van der Waals surface area contributed by atoms with Crippen molar-refractivity contribution in [3.05, 3.63) is 29.8 Å². The van der Waals surface area contributed by atoms with Gasteiger partial charge in [0.1, 0.15) is 0 Å². The lowest BCUT2D eigenvalue weighted by Gasteiger charge is -2.23.